The zero-order valence-electron chi connectivity index (χ0n) is 10.7. The fourth-order valence-electron chi connectivity index (χ4n) is 2.13. The van der Waals surface area contributed by atoms with Crippen molar-refractivity contribution in [1.29, 1.82) is 0 Å². The molecule has 0 saturated carbocycles. The molecule has 0 aliphatic carbocycles. The molecule has 0 aliphatic rings. The maximum Gasteiger partial charge on any atom is 0.263 e. The molecular weight excluding hydrogens is 272 g/mol. The summed E-state index contributed by atoms with van der Waals surface area (Å²) in [7, 11) is 0. The normalized spacial score (nSPS) is 10.8. The van der Waals surface area contributed by atoms with Crippen LogP contribution in [0.4, 0.5) is 5.13 Å². The van der Waals surface area contributed by atoms with Crippen molar-refractivity contribution in [2.45, 2.75) is 6.42 Å². The molecule has 6 heteroatoms. The van der Waals surface area contributed by atoms with Gasteiger partial charge in [-0.05, 0) is 18.1 Å². The summed E-state index contributed by atoms with van der Waals surface area (Å²) in [5.74, 6) is -0.126. The first kappa shape index (κ1) is 12.7. The Morgan fingerprint density at radius 2 is 2.25 bits per heavy atom. The van der Waals surface area contributed by atoms with E-state index in [4.69, 9.17) is 5.73 Å². The van der Waals surface area contributed by atoms with Crippen LogP contribution in [0.1, 0.15) is 15.2 Å². The highest BCUT2D eigenvalue weighted by atomic mass is 32.1. The number of nitrogens with one attached hydrogen (secondary N) is 2. The zero-order chi connectivity index (χ0) is 13.9. The standard InChI is InChI=1S/C14H14N4OS/c15-14-18-8-12(20-14)13(19)16-6-5-9-7-17-11-4-2-1-3-10(9)11/h1-4,7-8,17H,5-6H2,(H2,15,18)(H,16,19). The summed E-state index contributed by atoms with van der Waals surface area (Å²) in [6, 6.07) is 8.13. The SMILES string of the molecule is Nc1ncc(C(=O)NCCc2c[nH]c3ccccc23)s1. The van der Waals surface area contributed by atoms with Gasteiger partial charge in [0.25, 0.3) is 5.91 Å². The molecule has 2 aromatic heterocycles. The van der Waals surface area contributed by atoms with E-state index in [1.165, 1.54) is 28.5 Å². The van der Waals surface area contributed by atoms with Crippen LogP contribution in [-0.4, -0.2) is 22.4 Å². The van der Waals surface area contributed by atoms with Crippen LogP contribution in [0.15, 0.2) is 36.7 Å². The second-order valence-electron chi connectivity index (χ2n) is 4.43. The van der Waals surface area contributed by atoms with Crippen molar-refractivity contribution in [2.75, 3.05) is 12.3 Å². The van der Waals surface area contributed by atoms with E-state index in [1.54, 1.807) is 0 Å². The molecule has 0 radical (unpaired) electrons. The summed E-state index contributed by atoms with van der Waals surface area (Å²) < 4.78 is 0. The number of aromatic amines is 1. The Balaban J connectivity index is 1.61. The predicted octanol–water partition coefficient (Wildman–Crippen LogP) is 2.18. The van der Waals surface area contributed by atoms with Gasteiger partial charge >= 0.3 is 0 Å². The first-order chi connectivity index (χ1) is 9.74. The van der Waals surface area contributed by atoms with Crippen LogP contribution in [0.5, 0.6) is 0 Å². The first-order valence-corrected chi connectivity index (χ1v) is 7.10. The van der Waals surface area contributed by atoms with Crippen molar-refractivity contribution >= 4 is 33.3 Å². The van der Waals surface area contributed by atoms with Crippen molar-refractivity contribution < 1.29 is 4.79 Å². The number of nitrogens with zero attached hydrogens (tertiary/aromatic N) is 1. The number of H-pyrrole nitrogens is 1. The van der Waals surface area contributed by atoms with Gasteiger partial charge < -0.3 is 16.0 Å². The third-order valence-electron chi connectivity index (χ3n) is 3.10. The molecule has 0 spiro atoms. The smallest absolute Gasteiger partial charge is 0.263 e. The summed E-state index contributed by atoms with van der Waals surface area (Å²) in [4.78, 5) is 19.5. The molecule has 3 aromatic rings. The number of rotatable bonds is 4. The Bertz CT molecular complexity index is 746. The number of anilines is 1. The molecule has 0 aliphatic heterocycles. The maximum atomic E-state index is 11.8. The van der Waals surface area contributed by atoms with Gasteiger partial charge in [0.15, 0.2) is 5.13 Å². The topological polar surface area (TPSA) is 83.8 Å². The van der Waals surface area contributed by atoms with Crippen LogP contribution >= 0.6 is 11.3 Å². The van der Waals surface area contributed by atoms with Crippen LogP contribution in [0, 0.1) is 0 Å². The summed E-state index contributed by atoms with van der Waals surface area (Å²) in [6.45, 7) is 0.582. The first-order valence-electron chi connectivity index (χ1n) is 6.28. The van der Waals surface area contributed by atoms with E-state index < -0.39 is 0 Å². The van der Waals surface area contributed by atoms with E-state index in [-0.39, 0.29) is 5.91 Å². The number of nitrogen functional groups attached to an aromatic ring is 1. The zero-order valence-corrected chi connectivity index (χ0v) is 11.5. The van der Waals surface area contributed by atoms with Crippen LogP contribution in [0.3, 0.4) is 0 Å². The number of thiazole rings is 1. The van der Waals surface area contributed by atoms with Gasteiger partial charge in [-0.25, -0.2) is 4.98 Å². The quantitative estimate of drug-likeness (QED) is 0.687. The van der Waals surface area contributed by atoms with Gasteiger partial charge in [0.1, 0.15) is 4.88 Å². The average Bonchev–Trinajstić information content (AvgIpc) is 3.06. The molecule has 1 aromatic carbocycles. The molecule has 20 heavy (non-hydrogen) atoms. The number of aromatic nitrogens is 2. The summed E-state index contributed by atoms with van der Waals surface area (Å²) in [5, 5.41) is 4.48. The number of hydrogen-bond donors (Lipinski definition) is 3. The Morgan fingerprint density at radius 3 is 3.05 bits per heavy atom. The molecule has 3 rings (SSSR count). The summed E-state index contributed by atoms with van der Waals surface area (Å²) in [5.41, 5.74) is 7.82. The predicted molar refractivity (Wildman–Crippen MR) is 80.9 cm³/mol. The van der Waals surface area contributed by atoms with Gasteiger partial charge in [-0.2, -0.15) is 0 Å². The number of fused-ring (bicyclic) bond motifs is 1. The van der Waals surface area contributed by atoms with Crippen LogP contribution in [0.25, 0.3) is 10.9 Å². The molecule has 0 fully saturated rings. The molecule has 2 heterocycles. The number of carbonyl (C=O) groups excluding carboxylic acids is 1. The highest BCUT2D eigenvalue weighted by Gasteiger charge is 2.09. The lowest BCUT2D eigenvalue weighted by Gasteiger charge is -2.02. The lowest BCUT2D eigenvalue weighted by atomic mass is 10.1. The minimum Gasteiger partial charge on any atom is -0.375 e. The van der Waals surface area contributed by atoms with Gasteiger partial charge in [-0.15, -0.1) is 0 Å². The van der Waals surface area contributed by atoms with Crippen molar-refractivity contribution in [3.63, 3.8) is 0 Å². The van der Waals surface area contributed by atoms with E-state index in [0.29, 0.717) is 16.6 Å². The Morgan fingerprint density at radius 1 is 1.40 bits per heavy atom. The van der Waals surface area contributed by atoms with E-state index >= 15 is 0 Å². The number of hydrogen-bond acceptors (Lipinski definition) is 4. The minimum absolute atomic E-state index is 0.126. The van der Waals surface area contributed by atoms with Crippen molar-refractivity contribution in [2.24, 2.45) is 0 Å². The van der Waals surface area contributed by atoms with Gasteiger partial charge in [0.2, 0.25) is 0 Å². The van der Waals surface area contributed by atoms with Crippen LogP contribution in [-0.2, 0) is 6.42 Å². The van der Waals surface area contributed by atoms with Gasteiger partial charge in [0, 0.05) is 23.6 Å². The number of carbonyl (C=O) groups is 1. The number of benzene rings is 1. The van der Waals surface area contributed by atoms with Crippen LogP contribution < -0.4 is 11.1 Å². The van der Waals surface area contributed by atoms with Crippen LogP contribution in [0.2, 0.25) is 0 Å². The monoisotopic (exact) mass is 286 g/mol. The molecule has 0 atom stereocenters. The molecule has 102 valence electrons. The minimum atomic E-state index is -0.126. The molecule has 0 unspecified atom stereocenters. The second-order valence-corrected chi connectivity index (χ2v) is 5.49. The third-order valence-corrected chi connectivity index (χ3v) is 3.93. The Hall–Kier alpha value is -2.34. The largest absolute Gasteiger partial charge is 0.375 e. The van der Waals surface area contributed by atoms with Gasteiger partial charge in [0.05, 0.1) is 6.20 Å². The fourth-order valence-corrected chi connectivity index (χ4v) is 2.73. The molecular formula is C14H14N4OS. The second kappa shape index (κ2) is 5.34. The molecule has 5 nitrogen and oxygen atoms in total. The summed E-state index contributed by atoms with van der Waals surface area (Å²) >= 11 is 1.19. The Kier molecular flexibility index (Phi) is 3.39. The molecule has 0 bridgehead atoms. The lowest BCUT2D eigenvalue weighted by Crippen LogP contribution is -2.24. The number of nitrogens with two attached hydrogens (primary N) is 1. The highest BCUT2D eigenvalue weighted by Crippen LogP contribution is 2.18. The van der Waals surface area contributed by atoms with E-state index in [2.05, 4.69) is 21.4 Å². The van der Waals surface area contributed by atoms with Gasteiger partial charge in [-0.1, -0.05) is 29.5 Å². The third kappa shape index (κ3) is 2.50. The molecule has 0 saturated heterocycles. The van der Waals surface area contributed by atoms with Crippen molar-refractivity contribution in [3.05, 3.63) is 47.1 Å². The van der Waals surface area contributed by atoms with Crippen molar-refractivity contribution in [3.8, 4) is 0 Å². The van der Waals surface area contributed by atoms with Crippen molar-refractivity contribution in [1.82, 2.24) is 15.3 Å². The maximum absolute atomic E-state index is 11.8. The molecule has 1 amide bonds. The summed E-state index contributed by atoms with van der Waals surface area (Å²) in [6.07, 6.45) is 4.27. The Labute approximate surface area is 119 Å². The van der Waals surface area contributed by atoms with E-state index in [1.807, 2.05) is 24.4 Å². The number of para-hydroxylation sites is 1. The molecule has 4 N–H and O–H groups in total. The lowest BCUT2D eigenvalue weighted by molar-refractivity contribution is 0.0958. The van der Waals surface area contributed by atoms with E-state index in [0.717, 1.165) is 11.9 Å². The average molecular weight is 286 g/mol. The highest BCUT2D eigenvalue weighted by molar-refractivity contribution is 7.17. The fraction of sp³-hybridized carbons (Fsp3) is 0.143. The van der Waals surface area contributed by atoms with E-state index in [9.17, 15) is 4.79 Å². The number of amides is 1. The van der Waals surface area contributed by atoms with Gasteiger partial charge in [-0.3, -0.25) is 4.79 Å².